The molecular weight excluding hydrogens is 316 g/mol. The van der Waals surface area contributed by atoms with Crippen molar-refractivity contribution < 1.29 is 0 Å². The standard InChI is InChI=1S/C12H14BrClN4/c1-3-15-7-9-5-4-8(6-10(9)14)11-12(13)16-17-18(11)2/h4-6,15H,3,7H2,1-2H3. The van der Waals surface area contributed by atoms with Gasteiger partial charge in [-0.1, -0.05) is 35.9 Å². The highest BCUT2D eigenvalue weighted by Gasteiger charge is 2.12. The van der Waals surface area contributed by atoms with Crippen molar-refractivity contribution in [3.8, 4) is 11.3 Å². The quantitative estimate of drug-likeness (QED) is 0.937. The molecule has 96 valence electrons. The van der Waals surface area contributed by atoms with Crippen LogP contribution in [-0.2, 0) is 13.6 Å². The fourth-order valence-electron chi connectivity index (χ4n) is 1.74. The maximum Gasteiger partial charge on any atom is 0.156 e. The Morgan fingerprint density at radius 2 is 2.22 bits per heavy atom. The van der Waals surface area contributed by atoms with Crippen LogP contribution in [0.3, 0.4) is 0 Å². The normalized spacial score (nSPS) is 10.9. The number of rotatable bonds is 4. The lowest BCUT2D eigenvalue weighted by molar-refractivity contribution is 0.719. The van der Waals surface area contributed by atoms with E-state index in [1.54, 1.807) is 4.68 Å². The Morgan fingerprint density at radius 1 is 1.44 bits per heavy atom. The summed E-state index contributed by atoms with van der Waals surface area (Å²) in [5, 5.41) is 11.9. The fourth-order valence-corrected chi connectivity index (χ4v) is 2.54. The van der Waals surface area contributed by atoms with Crippen molar-refractivity contribution in [1.82, 2.24) is 20.3 Å². The van der Waals surface area contributed by atoms with Gasteiger partial charge < -0.3 is 5.32 Å². The van der Waals surface area contributed by atoms with Gasteiger partial charge in [-0.05, 0) is 34.1 Å². The highest BCUT2D eigenvalue weighted by Crippen LogP contribution is 2.29. The molecule has 0 radical (unpaired) electrons. The van der Waals surface area contributed by atoms with Crippen LogP contribution in [0.25, 0.3) is 11.3 Å². The SMILES string of the molecule is CCNCc1ccc(-c2c(Br)nnn2C)cc1Cl. The third kappa shape index (κ3) is 2.74. The van der Waals surface area contributed by atoms with E-state index in [1.165, 1.54) is 0 Å². The number of nitrogens with one attached hydrogen (secondary N) is 1. The number of aryl methyl sites for hydroxylation is 1. The molecule has 0 bridgehead atoms. The summed E-state index contributed by atoms with van der Waals surface area (Å²) in [4.78, 5) is 0. The summed E-state index contributed by atoms with van der Waals surface area (Å²) >= 11 is 9.67. The molecule has 1 N–H and O–H groups in total. The first kappa shape index (κ1) is 13.5. The number of hydrogen-bond donors (Lipinski definition) is 1. The molecule has 2 rings (SSSR count). The summed E-state index contributed by atoms with van der Waals surface area (Å²) in [6.45, 7) is 3.77. The minimum Gasteiger partial charge on any atom is -0.313 e. The van der Waals surface area contributed by atoms with Gasteiger partial charge in [-0.25, -0.2) is 4.68 Å². The molecule has 18 heavy (non-hydrogen) atoms. The van der Waals surface area contributed by atoms with Crippen molar-refractivity contribution >= 4 is 27.5 Å². The Hall–Kier alpha value is -0.910. The fraction of sp³-hybridized carbons (Fsp3) is 0.333. The van der Waals surface area contributed by atoms with Crippen LogP contribution in [0.5, 0.6) is 0 Å². The zero-order valence-corrected chi connectivity index (χ0v) is 12.6. The molecule has 0 aliphatic carbocycles. The second-order valence-corrected chi connectivity index (χ2v) is 5.10. The predicted octanol–water partition coefficient (Wildman–Crippen LogP) is 3.01. The van der Waals surface area contributed by atoms with Crippen LogP contribution in [0.15, 0.2) is 22.8 Å². The smallest absolute Gasteiger partial charge is 0.156 e. The molecule has 0 aliphatic heterocycles. The van der Waals surface area contributed by atoms with E-state index in [4.69, 9.17) is 11.6 Å². The van der Waals surface area contributed by atoms with Gasteiger partial charge in [0.25, 0.3) is 0 Å². The Bertz CT molecular complexity index is 534. The Kier molecular flexibility index (Phi) is 4.37. The van der Waals surface area contributed by atoms with E-state index in [-0.39, 0.29) is 0 Å². The van der Waals surface area contributed by atoms with Crippen LogP contribution in [-0.4, -0.2) is 21.5 Å². The molecule has 0 fully saturated rings. The molecule has 0 saturated heterocycles. The lowest BCUT2D eigenvalue weighted by atomic mass is 10.1. The lowest BCUT2D eigenvalue weighted by Crippen LogP contribution is -2.12. The Morgan fingerprint density at radius 3 is 2.78 bits per heavy atom. The molecular formula is C12H14BrClN4. The van der Waals surface area contributed by atoms with Crippen LogP contribution in [0.2, 0.25) is 5.02 Å². The average molecular weight is 330 g/mol. The maximum atomic E-state index is 6.28. The van der Waals surface area contributed by atoms with Gasteiger partial charge in [-0.15, -0.1) is 5.10 Å². The van der Waals surface area contributed by atoms with Crippen molar-refractivity contribution in [2.75, 3.05) is 6.54 Å². The first-order chi connectivity index (χ1) is 8.63. The van der Waals surface area contributed by atoms with Crippen molar-refractivity contribution in [1.29, 1.82) is 0 Å². The molecule has 4 nitrogen and oxygen atoms in total. The van der Waals surface area contributed by atoms with Crippen molar-refractivity contribution in [2.45, 2.75) is 13.5 Å². The predicted molar refractivity (Wildman–Crippen MR) is 76.5 cm³/mol. The van der Waals surface area contributed by atoms with E-state index >= 15 is 0 Å². The van der Waals surface area contributed by atoms with E-state index in [2.05, 4.69) is 38.5 Å². The summed E-state index contributed by atoms with van der Waals surface area (Å²) in [5.41, 5.74) is 3.01. The summed E-state index contributed by atoms with van der Waals surface area (Å²) < 4.78 is 2.44. The number of aromatic nitrogens is 3. The first-order valence-corrected chi connectivity index (χ1v) is 6.85. The van der Waals surface area contributed by atoms with Crippen molar-refractivity contribution in [2.24, 2.45) is 7.05 Å². The van der Waals surface area contributed by atoms with Gasteiger partial charge in [0.15, 0.2) is 4.60 Å². The van der Waals surface area contributed by atoms with Gasteiger partial charge in [0.05, 0.1) is 0 Å². The summed E-state index contributed by atoms with van der Waals surface area (Å²) in [6, 6.07) is 6.00. The summed E-state index contributed by atoms with van der Waals surface area (Å²) in [6.07, 6.45) is 0. The lowest BCUT2D eigenvalue weighted by Gasteiger charge is -2.08. The minimum atomic E-state index is 0.723. The van der Waals surface area contributed by atoms with E-state index in [1.807, 2.05) is 25.2 Å². The molecule has 0 spiro atoms. The van der Waals surface area contributed by atoms with Crippen molar-refractivity contribution in [3.63, 3.8) is 0 Å². The van der Waals surface area contributed by atoms with Gasteiger partial charge in [0.2, 0.25) is 0 Å². The number of nitrogens with zero attached hydrogens (tertiary/aromatic N) is 3. The summed E-state index contributed by atoms with van der Waals surface area (Å²) in [7, 11) is 1.85. The van der Waals surface area contributed by atoms with Gasteiger partial charge in [-0.3, -0.25) is 0 Å². The molecule has 0 aliphatic rings. The minimum absolute atomic E-state index is 0.723. The van der Waals surface area contributed by atoms with Crippen LogP contribution >= 0.6 is 27.5 Å². The Labute approximate surface area is 119 Å². The third-order valence-corrected chi connectivity index (χ3v) is 3.56. The molecule has 1 aromatic carbocycles. The van der Waals surface area contributed by atoms with Crippen LogP contribution in [0.1, 0.15) is 12.5 Å². The molecule has 0 amide bonds. The van der Waals surface area contributed by atoms with Gasteiger partial charge >= 0.3 is 0 Å². The van der Waals surface area contributed by atoms with Gasteiger partial charge in [0.1, 0.15) is 5.69 Å². The maximum absolute atomic E-state index is 6.28. The second kappa shape index (κ2) is 5.82. The van der Waals surface area contributed by atoms with Gasteiger partial charge in [-0.2, -0.15) is 0 Å². The molecule has 1 heterocycles. The number of benzene rings is 1. The molecule has 1 aromatic heterocycles. The van der Waals surface area contributed by atoms with E-state index < -0.39 is 0 Å². The third-order valence-electron chi connectivity index (χ3n) is 2.68. The average Bonchev–Trinajstić information content (AvgIpc) is 2.68. The Balaban J connectivity index is 2.34. The molecule has 2 aromatic rings. The highest BCUT2D eigenvalue weighted by molar-refractivity contribution is 9.10. The molecule has 0 saturated carbocycles. The van der Waals surface area contributed by atoms with Crippen LogP contribution in [0, 0.1) is 0 Å². The van der Waals surface area contributed by atoms with Crippen molar-refractivity contribution in [3.05, 3.63) is 33.4 Å². The van der Waals surface area contributed by atoms with Crippen LogP contribution in [0.4, 0.5) is 0 Å². The zero-order valence-electron chi connectivity index (χ0n) is 10.2. The summed E-state index contributed by atoms with van der Waals surface area (Å²) in [5.74, 6) is 0. The second-order valence-electron chi connectivity index (χ2n) is 3.94. The van der Waals surface area contributed by atoms with E-state index in [9.17, 15) is 0 Å². The largest absolute Gasteiger partial charge is 0.313 e. The first-order valence-electron chi connectivity index (χ1n) is 5.68. The zero-order chi connectivity index (χ0) is 13.1. The topological polar surface area (TPSA) is 42.7 Å². The monoisotopic (exact) mass is 328 g/mol. The molecule has 0 atom stereocenters. The van der Waals surface area contributed by atoms with E-state index in [0.29, 0.717) is 0 Å². The highest BCUT2D eigenvalue weighted by atomic mass is 79.9. The molecule has 6 heteroatoms. The van der Waals surface area contributed by atoms with Gasteiger partial charge in [0, 0.05) is 24.2 Å². The van der Waals surface area contributed by atoms with Crippen LogP contribution < -0.4 is 5.32 Å². The number of hydrogen-bond acceptors (Lipinski definition) is 3. The number of halogens is 2. The van der Waals surface area contributed by atoms with E-state index in [0.717, 1.165) is 39.5 Å². The molecule has 0 unspecified atom stereocenters.